The molecule has 0 aliphatic heterocycles. The van der Waals surface area contributed by atoms with Crippen molar-refractivity contribution in [2.75, 3.05) is 7.11 Å². The molecule has 0 radical (unpaired) electrons. The maximum Gasteiger partial charge on any atom is 0.134 e. The maximum absolute atomic E-state index is 5.74. The minimum absolute atomic E-state index is 0.969. The summed E-state index contributed by atoms with van der Waals surface area (Å²) in [5.41, 5.74) is 1.32. The summed E-state index contributed by atoms with van der Waals surface area (Å²) in [6.07, 6.45) is 0. The first-order valence-corrected chi connectivity index (χ1v) is 7.18. The van der Waals surface area contributed by atoms with Crippen molar-refractivity contribution in [2.24, 2.45) is 0 Å². The molecule has 21 heavy (non-hydrogen) atoms. The Balaban J connectivity index is 2.37. The van der Waals surface area contributed by atoms with Crippen LogP contribution in [0.15, 0.2) is 60.7 Å². The van der Waals surface area contributed by atoms with E-state index in [0.717, 1.165) is 5.75 Å². The molecule has 0 fully saturated rings. The molecular weight excluding hydrogens is 256 g/mol. The SMILES string of the molecule is COc1c2ccccc2c(C)c2c1ccc1ccccc12. The Morgan fingerprint density at radius 2 is 1.33 bits per heavy atom. The second kappa shape index (κ2) is 4.49. The molecule has 0 unspecified atom stereocenters. The summed E-state index contributed by atoms with van der Waals surface area (Å²) in [5, 5.41) is 7.48. The van der Waals surface area contributed by atoms with Gasteiger partial charge in [0.05, 0.1) is 7.11 Å². The van der Waals surface area contributed by atoms with Crippen LogP contribution in [0.3, 0.4) is 0 Å². The first kappa shape index (κ1) is 12.2. The van der Waals surface area contributed by atoms with Crippen LogP contribution < -0.4 is 4.74 Å². The normalized spacial score (nSPS) is 11.3. The van der Waals surface area contributed by atoms with E-state index in [-0.39, 0.29) is 0 Å². The lowest BCUT2D eigenvalue weighted by Gasteiger charge is -2.15. The van der Waals surface area contributed by atoms with Gasteiger partial charge in [-0.25, -0.2) is 0 Å². The van der Waals surface area contributed by atoms with Gasteiger partial charge < -0.3 is 4.74 Å². The molecule has 0 aliphatic rings. The van der Waals surface area contributed by atoms with Crippen LogP contribution in [-0.2, 0) is 0 Å². The monoisotopic (exact) mass is 272 g/mol. The molecule has 0 saturated carbocycles. The summed E-state index contributed by atoms with van der Waals surface area (Å²) < 4.78 is 5.74. The average molecular weight is 272 g/mol. The van der Waals surface area contributed by atoms with E-state index in [0.29, 0.717) is 0 Å². The minimum Gasteiger partial charge on any atom is -0.495 e. The van der Waals surface area contributed by atoms with Gasteiger partial charge in [0.1, 0.15) is 5.75 Å². The first-order chi connectivity index (χ1) is 10.3. The second-order valence-corrected chi connectivity index (χ2v) is 5.41. The number of methoxy groups -OCH3 is 1. The maximum atomic E-state index is 5.74. The highest BCUT2D eigenvalue weighted by Crippen LogP contribution is 2.40. The van der Waals surface area contributed by atoms with Crippen LogP contribution in [0.4, 0.5) is 0 Å². The number of aryl methyl sites for hydroxylation is 1. The number of ether oxygens (including phenoxy) is 1. The van der Waals surface area contributed by atoms with E-state index in [1.807, 2.05) is 0 Å². The summed E-state index contributed by atoms with van der Waals surface area (Å²) >= 11 is 0. The van der Waals surface area contributed by atoms with Crippen molar-refractivity contribution in [2.45, 2.75) is 6.92 Å². The van der Waals surface area contributed by atoms with Crippen molar-refractivity contribution >= 4 is 32.3 Å². The summed E-state index contributed by atoms with van der Waals surface area (Å²) in [6.45, 7) is 2.20. The zero-order chi connectivity index (χ0) is 14.4. The van der Waals surface area contributed by atoms with Gasteiger partial charge in [0.2, 0.25) is 0 Å². The molecule has 0 spiro atoms. The smallest absolute Gasteiger partial charge is 0.134 e. The molecule has 0 atom stereocenters. The molecule has 0 aromatic heterocycles. The van der Waals surface area contributed by atoms with Crippen molar-refractivity contribution in [3.05, 3.63) is 66.2 Å². The van der Waals surface area contributed by atoms with E-state index in [1.54, 1.807) is 7.11 Å². The molecule has 0 heterocycles. The number of rotatable bonds is 1. The number of hydrogen-bond donors (Lipinski definition) is 0. The van der Waals surface area contributed by atoms with Gasteiger partial charge in [-0.05, 0) is 40.1 Å². The topological polar surface area (TPSA) is 9.23 Å². The second-order valence-electron chi connectivity index (χ2n) is 5.41. The Morgan fingerprint density at radius 1 is 0.667 bits per heavy atom. The van der Waals surface area contributed by atoms with Crippen LogP contribution in [0.1, 0.15) is 5.56 Å². The lowest BCUT2D eigenvalue weighted by Crippen LogP contribution is -1.91. The van der Waals surface area contributed by atoms with Crippen LogP contribution in [-0.4, -0.2) is 7.11 Å². The summed E-state index contributed by atoms with van der Waals surface area (Å²) in [6, 6.07) is 21.4. The van der Waals surface area contributed by atoms with Crippen molar-refractivity contribution in [1.29, 1.82) is 0 Å². The molecule has 0 amide bonds. The number of hydrogen-bond acceptors (Lipinski definition) is 1. The molecule has 0 bridgehead atoms. The Morgan fingerprint density at radius 3 is 2.10 bits per heavy atom. The molecule has 1 nitrogen and oxygen atoms in total. The van der Waals surface area contributed by atoms with Gasteiger partial charge in [0, 0.05) is 10.8 Å². The zero-order valence-corrected chi connectivity index (χ0v) is 12.2. The van der Waals surface area contributed by atoms with Gasteiger partial charge in [-0.15, -0.1) is 0 Å². The lowest BCUT2D eigenvalue weighted by molar-refractivity contribution is 0.424. The van der Waals surface area contributed by atoms with Crippen LogP contribution >= 0.6 is 0 Å². The highest BCUT2D eigenvalue weighted by Gasteiger charge is 2.13. The molecule has 0 aliphatic carbocycles. The quantitative estimate of drug-likeness (QED) is 0.330. The summed E-state index contributed by atoms with van der Waals surface area (Å²) in [7, 11) is 1.76. The van der Waals surface area contributed by atoms with Gasteiger partial charge >= 0.3 is 0 Å². The van der Waals surface area contributed by atoms with Gasteiger partial charge in [-0.2, -0.15) is 0 Å². The molecule has 102 valence electrons. The minimum atomic E-state index is 0.969. The standard InChI is InChI=1S/C20H16O/c1-13-15-8-5-6-10-17(15)20(21-2)18-12-11-14-7-3-4-9-16(14)19(13)18/h3-12H,1-2H3. The third kappa shape index (κ3) is 1.64. The van der Waals surface area contributed by atoms with E-state index in [1.165, 1.54) is 37.9 Å². The van der Waals surface area contributed by atoms with Crippen molar-refractivity contribution in [3.8, 4) is 5.75 Å². The molecule has 4 aromatic rings. The third-order valence-electron chi connectivity index (χ3n) is 4.33. The fraction of sp³-hybridized carbons (Fsp3) is 0.100. The van der Waals surface area contributed by atoms with Crippen molar-refractivity contribution < 1.29 is 4.74 Å². The van der Waals surface area contributed by atoms with Crippen molar-refractivity contribution in [1.82, 2.24) is 0 Å². The van der Waals surface area contributed by atoms with Crippen LogP contribution in [0, 0.1) is 6.92 Å². The Labute approximate surface area is 123 Å². The van der Waals surface area contributed by atoms with Crippen LogP contribution in [0.5, 0.6) is 5.75 Å². The van der Waals surface area contributed by atoms with E-state index >= 15 is 0 Å². The Kier molecular flexibility index (Phi) is 2.61. The molecule has 0 saturated heterocycles. The fourth-order valence-corrected chi connectivity index (χ4v) is 3.37. The first-order valence-electron chi connectivity index (χ1n) is 7.18. The van der Waals surface area contributed by atoms with E-state index in [9.17, 15) is 0 Å². The summed E-state index contributed by atoms with van der Waals surface area (Å²) in [4.78, 5) is 0. The predicted octanol–water partition coefficient (Wildman–Crippen LogP) is 5.46. The van der Waals surface area contributed by atoms with Crippen LogP contribution in [0.2, 0.25) is 0 Å². The van der Waals surface area contributed by atoms with Gasteiger partial charge in [0.15, 0.2) is 0 Å². The van der Waals surface area contributed by atoms with Gasteiger partial charge in [-0.3, -0.25) is 0 Å². The molecular formula is C20H16O. The Bertz CT molecular complexity index is 983. The molecule has 4 aromatic carbocycles. The zero-order valence-electron chi connectivity index (χ0n) is 12.2. The largest absolute Gasteiger partial charge is 0.495 e. The third-order valence-corrected chi connectivity index (χ3v) is 4.33. The molecule has 4 rings (SSSR count). The van der Waals surface area contributed by atoms with E-state index < -0.39 is 0 Å². The van der Waals surface area contributed by atoms with E-state index in [2.05, 4.69) is 67.6 Å². The lowest BCUT2D eigenvalue weighted by atomic mass is 9.93. The number of fused-ring (bicyclic) bond motifs is 4. The van der Waals surface area contributed by atoms with Gasteiger partial charge in [0.25, 0.3) is 0 Å². The van der Waals surface area contributed by atoms with Gasteiger partial charge in [-0.1, -0.05) is 54.6 Å². The average Bonchev–Trinajstić information content (AvgIpc) is 2.55. The number of benzene rings is 4. The molecule has 0 N–H and O–H groups in total. The Hall–Kier alpha value is -2.54. The van der Waals surface area contributed by atoms with E-state index in [4.69, 9.17) is 4.74 Å². The highest BCUT2D eigenvalue weighted by molar-refractivity contribution is 6.18. The van der Waals surface area contributed by atoms with Crippen molar-refractivity contribution in [3.63, 3.8) is 0 Å². The van der Waals surface area contributed by atoms with Crippen LogP contribution in [0.25, 0.3) is 32.3 Å². The highest BCUT2D eigenvalue weighted by atomic mass is 16.5. The fourth-order valence-electron chi connectivity index (χ4n) is 3.37. The predicted molar refractivity (Wildman–Crippen MR) is 90.2 cm³/mol. The summed E-state index contributed by atoms with van der Waals surface area (Å²) in [5.74, 6) is 0.969. The molecule has 1 heteroatoms.